The van der Waals surface area contributed by atoms with Crippen molar-refractivity contribution >= 4 is 5.97 Å². The fraction of sp³-hybridized carbons (Fsp3) is 0.250. The normalized spacial score (nSPS) is 10.6. The second-order valence-corrected chi connectivity index (χ2v) is 1.07. The maximum Gasteiger partial charge on any atom is 0.491 e. The molecular formula is C4H3F3O2. The summed E-state index contributed by atoms with van der Waals surface area (Å²) in [6, 6.07) is 0. The molecule has 0 saturated carbocycles. The van der Waals surface area contributed by atoms with Crippen LogP contribution in [-0.2, 0) is 9.53 Å². The largest absolute Gasteiger partial charge is 0.491 e. The van der Waals surface area contributed by atoms with Gasteiger partial charge in [-0.25, -0.2) is 4.79 Å². The molecule has 0 heterocycles. The number of halogens is 3. The second-order valence-electron chi connectivity index (χ2n) is 1.07. The van der Waals surface area contributed by atoms with Crippen LogP contribution in [0.2, 0.25) is 0 Å². The summed E-state index contributed by atoms with van der Waals surface area (Å²) in [7, 11) is 0. The molecule has 52 valence electrons. The van der Waals surface area contributed by atoms with Gasteiger partial charge in [0.05, 0.1) is 6.26 Å². The summed E-state index contributed by atoms with van der Waals surface area (Å²) in [5.41, 5.74) is 0. The summed E-state index contributed by atoms with van der Waals surface area (Å²) in [6.07, 6.45) is -4.50. The van der Waals surface area contributed by atoms with Crippen LogP contribution in [0, 0.1) is 0 Å². The third-order valence-electron chi connectivity index (χ3n) is 0.422. The van der Waals surface area contributed by atoms with E-state index in [1.807, 2.05) is 0 Å². The van der Waals surface area contributed by atoms with Crippen LogP contribution in [0.4, 0.5) is 13.2 Å². The molecule has 0 aliphatic carbocycles. The highest BCUT2D eigenvalue weighted by Crippen LogP contribution is 2.15. The Morgan fingerprint density at radius 2 is 2.00 bits per heavy atom. The number of ether oxygens (including phenoxy) is 1. The van der Waals surface area contributed by atoms with Crippen molar-refractivity contribution in [2.24, 2.45) is 0 Å². The molecule has 0 N–H and O–H groups in total. The minimum Gasteiger partial charge on any atom is -0.428 e. The molecule has 0 aliphatic heterocycles. The Morgan fingerprint density at radius 3 is 2.11 bits per heavy atom. The Morgan fingerprint density at radius 1 is 1.56 bits per heavy atom. The SMILES string of the molecule is C=COC(=O)C(F)(F)F. The number of alkyl halides is 3. The average molecular weight is 140 g/mol. The zero-order valence-corrected chi connectivity index (χ0v) is 4.23. The zero-order chi connectivity index (χ0) is 7.49. The van der Waals surface area contributed by atoms with Gasteiger partial charge >= 0.3 is 12.1 Å². The van der Waals surface area contributed by atoms with Crippen molar-refractivity contribution in [2.75, 3.05) is 0 Å². The molecule has 0 fully saturated rings. The number of hydrogen-bond acceptors (Lipinski definition) is 2. The van der Waals surface area contributed by atoms with Crippen LogP contribution in [-0.4, -0.2) is 12.1 Å². The second kappa shape index (κ2) is 2.52. The molecule has 0 aromatic rings. The van der Waals surface area contributed by atoms with Crippen LogP contribution in [0.5, 0.6) is 0 Å². The van der Waals surface area contributed by atoms with Gasteiger partial charge in [-0.05, 0) is 0 Å². The van der Waals surface area contributed by atoms with Gasteiger partial charge < -0.3 is 4.74 Å². The quantitative estimate of drug-likeness (QED) is 0.404. The van der Waals surface area contributed by atoms with Crippen molar-refractivity contribution in [1.29, 1.82) is 0 Å². The lowest BCUT2D eigenvalue weighted by Crippen LogP contribution is -2.23. The molecule has 0 atom stereocenters. The van der Waals surface area contributed by atoms with E-state index in [2.05, 4.69) is 11.3 Å². The average Bonchev–Trinajstić information content (AvgIpc) is 1.64. The predicted octanol–water partition coefficient (Wildman–Crippen LogP) is 1.24. The van der Waals surface area contributed by atoms with Gasteiger partial charge in [0.25, 0.3) is 0 Å². The lowest BCUT2D eigenvalue weighted by molar-refractivity contribution is -0.193. The van der Waals surface area contributed by atoms with Crippen molar-refractivity contribution in [3.8, 4) is 0 Å². The van der Waals surface area contributed by atoms with Gasteiger partial charge in [-0.1, -0.05) is 6.58 Å². The molecule has 0 amide bonds. The Hall–Kier alpha value is -1.00. The Bertz CT molecular complexity index is 126. The summed E-state index contributed by atoms with van der Waals surface area (Å²) >= 11 is 0. The monoisotopic (exact) mass is 140 g/mol. The molecular weight excluding hydrogens is 137 g/mol. The van der Waals surface area contributed by atoms with Crippen LogP contribution < -0.4 is 0 Å². The standard InChI is InChI=1S/C4H3F3O2/c1-2-9-3(8)4(5,6)7/h2H,1H2. The van der Waals surface area contributed by atoms with Gasteiger partial charge in [-0.3, -0.25) is 0 Å². The van der Waals surface area contributed by atoms with Crippen LogP contribution in [0.25, 0.3) is 0 Å². The maximum atomic E-state index is 11.1. The van der Waals surface area contributed by atoms with E-state index < -0.39 is 12.1 Å². The van der Waals surface area contributed by atoms with Gasteiger partial charge in [0.1, 0.15) is 0 Å². The number of hydrogen-bond donors (Lipinski definition) is 0. The van der Waals surface area contributed by atoms with Crippen molar-refractivity contribution in [3.63, 3.8) is 0 Å². The summed E-state index contributed by atoms with van der Waals surface area (Å²) in [6.45, 7) is 2.77. The van der Waals surface area contributed by atoms with E-state index in [4.69, 9.17) is 0 Å². The third-order valence-corrected chi connectivity index (χ3v) is 0.422. The molecule has 0 aliphatic rings. The lowest BCUT2D eigenvalue weighted by Gasteiger charge is -2.00. The van der Waals surface area contributed by atoms with Gasteiger partial charge in [-0.15, -0.1) is 0 Å². The molecule has 5 heteroatoms. The molecule has 0 unspecified atom stereocenters. The van der Waals surface area contributed by atoms with E-state index in [9.17, 15) is 18.0 Å². The van der Waals surface area contributed by atoms with E-state index in [1.54, 1.807) is 0 Å². The topological polar surface area (TPSA) is 26.3 Å². The summed E-state index contributed by atoms with van der Waals surface area (Å²) in [5.74, 6) is -2.25. The highest BCUT2D eigenvalue weighted by Gasteiger charge is 2.40. The number of carbonyl (C=O) groups is 1. The molecule has 9 heavy (non-hydrogen) atoms. The van der Waals surface area contributed by atoms with Crippen molar-refractivity contribution in [2.45, 2.75) is 6.18 Å². The van der Waals surface area contributed by atoms with E-state index in [0.717, 1.165) is 0 Å². The fourth-order valence-corrected chi connectivity index (χ4v) is 0.143. The number of carbonyl (C=O) groups excluding carboxylic acids is 1. The molecule has 0 aromatic carbocycles. The summed E-state index contributed by atoms with van der Waals surface area (Å²) in [4.78, 5) is 9.65. The molecule has 0 bridgehead atoms. The lowest BCUT2D eigenvalue weighted by atomic mass is 10.7. The van der Waals surface area contributed by atoms with Crippen LogP contribution in [0.1, 0.15) is 0 Å². The Balaban J connectivity index is 3.88. The maximum absolute atomic E-state index is 11.1. The van der Waals surface area contributed by atoms with Crippen molar-refractivity contribution in [1.82, 2.24) is 0 Å². The van der Waals surface area contributed by atoms with Crippen LogP contribution in [0.3, 0.4) is 0 Å². The Kier molecular flexibility index (Phi) is 2.24. The molecule has 0 saturated heterocycles. The fourth-order valence-electron chi connectivity index (χ4n) is 0.143. The van der Waals surface area contributed by atoms with Gasteiger partial charge in [0.15, 0.2) is 0 Å². The van der Waals surface area contributed by atoms with E-state index in [1.165, 1.54) is 0 Å². The molecule has 0 spiro atoms. The molecule has 0 radical (unpaired) electrons. The first-order valence-electron chi connectivity index (χ1n) is 1.87. The van der Waals surface area contributed by atoms with E-state index in [-0.39, 0.29) is 0 Å². The highest BCUT2D eigenvalue weighted by molar-refractivity contribution is 5.76. The summed E-state index contributed by atoms with van der Waals surface area (Å²) < 4.78 is 36.7. The minimum absolute atomic E-state index is 0.426. The number of rotatable bonds is 1. The van der Waals surface area contributed by atoms with Gasteiger partial charge in [-0.2, -0.15) is 13.2 Å². The molecule has 0 rings (SSSR count). The third kappa shape index (κ3) is 2.73. The van der Waals surface area contributed by atoms with Crippen molar-refractivity contribution < 1.29 is 22.7 Å². The smallest absolute Gasteiger partial charge is 0.428 e. The Labute approximate surface area is 48.9 Å². The van der Waals surface area contributed by atoms with Crippen molar-refractivity contribution in [3.05, 3.63) is 12.8 Å². The van der Waals surface area contributed by atoms with Gasteiger partial charge in [0.2, 0.25) is 0 Å². The predicted molar refractivity (Wildman–Crippen MR) is 22.3 cm³/mol. The van der Waals surface area contributed by atoms with Crippen LogP contribution >= 0.6 is 0 Å². The van der Waals surface area contributed by atoms with Gasteiger partial charge in [0, 0.05) is 0 Å². The number of esters is 1. The first kappa shape index (κ1) is 8.00. The minimum atomic E-state index is -4.92. The first-order valence-corrected chi connectivity index (χ1v) is 1.87. The first-order chi connectivity index (χ1) is 3.98. The zero-order valence-electron chi connectivity index (χ0n) is 4.23. The molecule has 2 nitrogen and oxygen atoms in total. The molecule has 0 aromatic heterocycles. The highest BCUT2D eigenvalue weighted by atomic mass is 19.4. The summed E-state index contributed by atoms with van der Waals surface area (Å²) in [5, 5.41) is 0. The van der Waals surface area contributed by atoms with E-state index >= 15 is 0 Å². The van der Waals surface area contributed by atoms with E-state index in [0.29, 0.717) is 6.26 Å². The van der Waals surface area contributed by atoms with Crippen LogP contribution in [0.15, 0.2) is 12.8 Å².